The van der Waals surface area contributed by atoms with E-state index in [2.05, 4.69) is 25.1 Å². The summed E-state index contributed by atoms with van der Waals surface area (Å²) >= 11 is 0. The van der Waals surface area contributed by atoms with Gasteiger partial charge in [0.2, 0.25) is 5.91 Å². The van der Waals surface area contributed by atoms with Crippen molar-refractivity contribution in [2.75, 3.05) is 31.7 Å². The molecule has 0 aromatic heterocycles. The number of phenolic OH excluding ortho intramolecular Hbond substituents is 1. The van der Waals surface area contributed by atoms with Crippen LogP contribution in [-0.4, -0.2) is 67.2 Å². The molecule has 3 aliphatic rings. The maximum atomic E-state index is 12.4. The summed E-state index contributed by atoms with van der Waals surface area (Å²) in [6.07, 6.45) is 8.56. The molecule has 5 rings (SSSR count). The van der Waals surface area contributed by atoms with E-state index in [1.807, 2.05) is 31.2 Å². The summed E-state index contributed by atoms with van der Waals surface area (Å²) in [6.45, 7) is 5.44. The maximum Gasteiger partial charge on any atom is 0.237 e. The van der Waals surface area contributed by atoms with Gasteiger partial charge in [0.15, 0.2) is 9.84 Å². The number of sulfone groups is 1. The zero-order valence-corrected chi connectivity index (χ0v) is 27.5. The van der Waals surface area contributed by atoms with Gasteiger partial charge < -0.3 is 19.8 Å². The molecule has 2 aromatic rings. The Balaban J connectivity index is 1.16. The van der Waals surface area contributed by atoms with Gasteiger partial charge in [0, 0.05) is 13.6 Å². The van der Waals surface area contributed by atoms with Gasteiger partial charge in [-0.15, -0.1) is 0 Å². The zero-order valence-electron chi connectivity index (χ0n) is 26.7. The number of aliphatic hydroxyl groups is 1. The van der Waals surface area contributed by atoms with Crippen molar-refractivity contribution in [3.05, 3.63) is 59.2 Å². The topological polar surface area (TPSA) is 104 Å². The van der Waals surface area contributed by atoms with Gasteiger partial charge in [0.1, 0.15) is 17.3 Å². The SMILES string of the molecule is CCCCN(C)C(=O)CS(=O)(=O)CCCCCOc1ccc([C@H]2C[C@]3(C)[C@@H](O)CC[C@H]3[C@@H]3CCc4cc(O)ccc4[C@H]32)cc1. The lowest BCUT2D eigenvalue weighted by Crippen LogP contribution is -2.47. The highest BCUT2D eigenvalue weighted by Crippen LogP contribution is 2.65. The number of phenols is 1. The lowest BCUT2D eigenvalue weighted by molar-refractivity contribution is -0.127. The van der Waals surface area contributed by atoms with Crippen LogP contribution < -0.4 is 4.74 Å². The first kappa shape index (κ1) is 32.8. The number of nitrogens with zero attached hydrogens (tertiary/aromatic N) is 1. The lowest BCUT2D eigenvalue weighted by Gasteiger charge is -2.54. The molecule has 0 aliphatic heterocycles. The van der Waals surface area contributed by atoms with Crippen LogP contribution >= 0.6 is 0 Å². The number of aromatic hydroxyl groups is 1. The minimum atomic E-state index is -3.41. The van der Waals surface area contributed by atoms with Gasteiger partial charge in [-0.1, -0.05) is 38.5 Å². The molecule has 0 radical (unpaired) electrons. The predicted octanol–water partition coefficient (Wildman–Crippen LogP) is 6.23. The van der Waals surface area contributed by atoms with Gasteiger partial charge in [0.25, 0.3) is 0 Å². The van der Waals surface area contributed by atoms with Crippen LogP contribution in [0.1, 0.15) is 100 Å². The van der Waals surface area contributed by atoms with Crippen molar-refractivity contribution < 1.29 is 28.2 Å². The molecule has 0 heterocycles. The Bertz CT molecular complexity index is 1390. The van der Waals surface area contributed by atoms with E-state index in [1.165, 1.54) is 21.6 Å². The second-order valence-corrected chi connectivity index (χ2v) is 16.1. The molecule has 0 saturated heterocycles. The molecule has 6 atom stereocenters. The van der Waals surface area contributed by atoms with Crippen molar-refractivity contribution in [3.8, 4) is 11.5 Å². The van der Waals surface area contributed by atoms with Gasteiger partial charge in [-0.25, -0.2) is 8.42 Å². The monoisotopic (exact) mass is 625 g/mol. The fourth-order valence-corrected chi connectivity index (χ4v) is 9.87. The molecule has 7 nitrogen and oxygen atoms in total. The number of unbranched alkanes of at least 4 members (excludes halogenated alkanes) is 3. The minimum Gasteiger partial charge on any atom is -0.508 e. The normalized spacial score (nSPS) is 27.7. The van der Waals surface area contributed by atoms with Gasteiger partial charge in [-0.2, -0.15) is 0 Å². The van der Waals surface area contributed by atoms with E-state index in [0.29, 0.717) is 43.1 Å². The Morgan fingerprint density at radius 2 is 1.82 bits per heavy atom. The van der Waals surface area contributed by atoms with E-state index >= 15 is 0 Å². The van der Waals surface area contributed by atoms with Crippen molar-refractivity contribution in [1.82, 2.24) is 4.90 Å². The summed E-state index contributed by atoms with van der Waals surface area (Å²) < 4.78 is 30.8. The van der Waals surface area contributed by atoms with Crippen LogP contribution in [0.4, 0.5) is 0 Å². The molecule has 3 aliphatic carbocycles. The summed E-state index contributed by atoms with van der Waals surface area (Å²) in [7, 11) is -1.74. The van der Waals surface area contributed by atoms with Crippen LogP contribution in [0.2, 0.25) is 0 Å². The summed E-state index contributed by atoms with van der Waals surface area (Å²) in [4.78, 5) is 13.7. The van der Waals surface area contributed by atoms with Crippen LogP contribution in [0.25, 0.3) is 0 Å². The highest BCUT2D eigenvalue weighted by atomic mass is 32.2. The molecule has 0 bridgehead atoms. The van der Waals surface area contributed by atoms with Crippen molar-refractivity contribution in [1.29, 1.82) is 0 Å². The molecule has 8 heteroatoms. The third kappa shape index (κ3) is 7.12. The number of aliphatic hydroxyl groups excluding tert-OH is 1. The standard InChI is InChI=1S/C36H51NO6S/c1-4-5-19-37(3)34(40)24-44(41,42)21-8-6-7-20-43-28-13-9-25(10-14-28)31-23-36(2)32(17-18-33(36)39)30-15-11-26-22-27(38)12-16-29(26)35(30)31/h9-10,12-14,16,22,30-33,35,38-39H,4-8,11,15,17-21,23-24H2,1-3H3/t30-,31+,32-,33-,35+,36-/m0/s1. The smallest absolute Gasteiger partial charge is 0.237 e. The van der Waals surface area contributed by atoms with E-state index in [4.69, 9.17) is 4.74 Å². The first-order valence-electron chi connectivity index (χ1n) is 16.7. The third-order valence-electron chi connectivity index (χ3n) is 11.0. The van der Waals surface area contributed by atoms with Crippen LogP contribution in [0.15, 0.2) is 42.5 Å². The second-order valence-electron chi connectivity index (χ2n) is 13.9. The number of amides is 1. The number of hydrogen-bond acceptors (Lipinski definition) is 6. The first-order valence-corrected chi connectivity index (χ1v) is 18.5. The average molecular weight is 626 g/mol. The summed E-state index contributed by atoms with van der Waals surface area (Å²) in [6, 6.07) is 14.3. The van der Waals surface area contributed by atoms with E-state index < -0.39 is 15.6 Å². The fourth-order valence-electron chi connectivity index (χ4n) is 8.49. The summed E-state index contributed by atoms with van der Waals surface area (Å²) in [5, 5.41) is 21.3. The number of ether oxygens (including phenoxy) is 1. The molecule has 0 spiro atoms. The van der Waals surface area contributed by atoms with Gasteiger partial charge in [-0.3, -0.25) is 4.79 Å². The molecule has 2 saturated carbocycles. The second kappa shape index (κ2) is 13.8. The fraction of sp³-hybridized carbons (Fsp3) is 0.639. The maximum absolute atomic E-state index is 12.4. The Labute approximate surface area is 263 Å². The summed E-state index contributed by atoms with van der Waals surface area (Å²) in [5.41, 5.74) is 3.81. The highest BCUT2D eigenvalue weighted by Gasteiger charge is 2.57. The van der Waals surface area contributed by atoms with Crippen molar-refractivity contribution in [2.45, 2.75) is 96.0 Å². The number of carbonyl (C=O) groups excluding carboxylic acids is 1. The molecular weight excluding hydrogens is 574 g/mol. The minimum absolute atomic E-state index is 0.0236. The van der Waals surface area contributed by atoms with E-state index in [0.717, 1.165) is 63.5 Å². The van der Waals surface area contributed by atoms with Gasteiger partial charge in [0.05, 0.1) is 18.5 Å². The number of rotatable bonds is 13. The number of fused-ring (bicyclic) bond motifs is 5. The zero-order chi connectivity index (χ0) is 31.5. The molecule has 242 valence electrons. The predicted molar refractivity (Wildman–Crippen MR) is 174 cm³/mol. The Morgan fingerprint density at radius 1 is 1.05 bits per heavy atom. The van der Waals surface area contributed by atoms with Crippen LogP contribution in [0, 0.1) is 17.3 Å². The van der Waals surface area contributed by atoms with E-state index in [-0.39, 0.29) is 29.1 Å². The number of benzene rings is 2. The molecule has 2 aromatic carbocycles. The largest absolute Gasteiger partial charge is 0.508 e. The Kier molecular flexibility index (Phi) is 10.3. The molecule has 2 fully saturated rings. The van der Waals surface area contributed by atoms with Crippen molar-refractivity contribution in [3.63, 3.8) is 0 Å². The molecule has 0 unspecified atom stereocenters. The number of carbonyl (C=O) groups is 1. The van der Waals surface area contributed by atoms with Crippen LogP contribution in [0.3, 0.4) is 0 Å². The molecule has 44 heavy (non-hydrogen) atoms. The first-order chi connectivity index (χ1) is 21.0. The Hall–Kier alpha value is -2.58. The average Bonchev–Trinajstić information content (AvgIpc) is 3.30. The highest BCUT2D eigenvalue weighted by molar-refractivity contribution is 7.92. The quantitative estimate of drug-likeness (QED) is 0.256. The Morgan fingerprint density at radius 3 is 2.57 bits per heavy atom. The van der Waals surface area contributed by atoms with Crippen LogP contribution in [-0.2, 0) is 21.1 Å². The molecular formula is C36H51NO6S. The number of hydrogen-bond donors (Lipinski definition) is 2. The van der Waals surface area contributed by atoms with Crippen molar-refractivity contribution >= 4 is 15.7 Å². The van der Waals surface area contributed by atoms with Crippen molar-refractivity contribution in [2.24, 2.45) is 17.3 Å². The van der Waals surface area contributed by atoms with Gasteiger partial charge >= 0.3 is 0 Å². The number of aryl methyl sites for hydroxylation is 1. The van der Waals surface area contributed by atoms with Gasteiger partial charge in [-0.05, 0) is 128 Å². The van der Waals surface area contributed by atoms with E-state index in [1.54, 1.807) is 7.05 Å². The third-order valence-corrected chi connectivity index (χ3v) is 12.6. The van der Waals surface area contributed by atoms with Crippen LogP contribution in [0.5, 0.6) is 11.5 Å². The van der Waals surface area contributed by atoms with E-state index in [9.17, 15) is 23.4 Å². The summed E-state index contributed by atoms with van der Waals surface area (Å²) in [5.74, 6) is 2.12. The molecule has 2 N–H and O–H groups in total. The molecule has 1 amide bonds. The lowest BCUT2D eigenvalue weighted by atomic mass is 9.51.